The van der Waals surface area contributed by atoms with Crippen molar-refractivity contribution in [2.75, 3.05) is 13.2 Å². The van der Waals surface area contributed by atoms with Gasteiger partial charge < -0.3 is 14.2 Å². The lowest BCUT2D eigenvalue weighted by Crippen LogP contribution is -2.30. The Balaban J connectivity index is 4.27. The van der Waals surface area contributed by atoms with E-state index in [1.54, 1.807) is 0 Å². The molecular weight excluding hydrogens is 793 g/mol. The predicted molar refractivity (Wildman–Crippen MR) is 275 cm³/mol. The van der Waals surface area contributed by atoms with E-state index in [4.69, 9.17) is 14.2 Å². The molecule has 0 saturated carbocycles. The minimum absolute atomic E-state index is 0.0638. The Morgan fingerprint density at radius 1 is 0.266 bits per heavy atom. The van der Waals surface area contributed by atoms with Crippen molar-refractivity contribution in [3.8, 4) is 0 Å². The molecule has 6 nitrogen and oxygen atoms in total. The molecule has 0 radical (unpaired) electrons. The molecule has 0 aromatic rings. The fourth-order valence-electron chi connectivity index (χ4n) is 8.82. The first-order chi connectivity index (χ1) is 31.1. The first-order valence-electron chi connectivity index (χ1n) is 28.6. The molecule has 0 amide bonds. The van der Waals surface area contributed by atoms with Crippen LogP contribution in [0.5, 0.6) is 0 Å². The standard InChI is InChI=1S/C58H112O6/c1-52(2)44-38-32-26-20-15-11-9-7-8-10-12-17-23-29-35-41-47-56(59)62-50-55(51-63-57(60)48-42-36-30-25-19-22-28-34-40-46-54(5)6)64-58(61)49-43-37-31-24-18-14-13-16-21-27-33-39-45-53(3)4/h52-55H,7-51H2,1-6H3/t55-/m1/s1. The van der Waals surface area contributed by atoms with Gasteiger partial charge in [-0.1, -0.05) is 279 Å². The van der Waals surface area contributed by atoms with E-state index in [9.17, 15) is 14.4 Å². The summed E-state index contributed by atoms with van der Waals surface area (Å²) in [5, 5.41) is 0. The third-order valence-corrected chi connectivity index (χ3v) is 13.1. The molecule has 0 saturated heterocycles. The number of carbonyl (C=O) groups excluding carboxylic acids is 3. The molecule has 0 aromatic carbocycles. The van der Waals surface area contributed by atoms with E-state index in [1.165, 1.54) is 199 Å². The summed E-state index contributed by atoms with van der Waals surface area (Å²) in [6.45, 7) is 13.7. The Morgan fingerprint density at radius 2 is 0.453 bits per heavy atom. The van der Waals surface area contributed by atoms with Gasteiger partial charge in [0.15, 0.2) is 6.10 Å². The highest BCUT2D eigenvalue weighted by Gasteiger charge is 2.19. The topological polar surface area (TPSA) is 78.9 Å². The van der Waals surface area contributed by atoms with Crippen molar-refractivity contribution in [1.29, 1.82) is 0 Å². The van der Waals surface area contributed by atoms with Crippen molar-refractivity contribution in [2.24, 2.45) is 17.8 Å². The fourth-order valence-corrected chi connectivity index (χ4v) is 8.82. The average Bonchev–Trinajstić information content (AvgIpc) is 3.25. The molecule has 0 fully saturated rings. The van der Waals surface area contributed by atoms with Gasteiger partial charge in [0, 0.05) is 19.3 Å². The number of rotatable bonds is 51. The molecule has 380 valence electrons. The minimum Gasteiger partial charge on any atom is -0.462 e. The first kappa shape index (κ1) is 62.4. The van der Waals surface area contributed by atoms with Crippen LogP contribution in [0.15, 0.2) is 0 Å². The number of hydrogen-bond acceptors (Lipinski definition) is 6. The normalized spacial score (nSPS) is 12.1. The van der Waals surface area contributed by atoms with Crippen molar-refractivity contribution in [3.05, 3.63) is 0 Å². The third kappa shape index (κ3) is 51.4. The average molecular weight is 906 g/mol. The molecule has 0 bridgehead atoms. The Kier molecular flexibility index (Phi) is 48.1. The van der Waals surface area contributed by atoms with Crippen molar-refractivity contribution in [3.63, 3.8) is 0 Å². The van der Waals surface area contributed by atoms with Gasteiger partial charge in [-0.3, -0.25) is 14.4 Å². The number of esters is 3. The molecule has 0 aliphatic rings. The van der Waals surface area contributed by atoms with Crippen molar-refractivity contribution in [2.45, 2.75) is 324 Å². The van der Waals surface area contributed by atoms with E-state index in [1.807, 2.05) is 0 Å². The second-order valence-electron chi connectivity index (χ2n) is 21.4. The zero-order valence-electron chi connectivity index (χ0n) is 44.1. The molecule has 0 unspecified atom stereocenters. The van der Waals surface area contributed by atoms with Gasteiger partial charge in [-0.2, -0.15) is 0 Å². The molecule has 0 heterocycles. The zero-order valence-corrected chi connectivity index (χ0v) is 44.1. The van der Waals surface area contributed by atoms with Crippen LogP contribution in [0.2, 0.25) is 0 Å². The zero-order chi connectivity index (χ0) is 47.0. The van der Waals surface area contributed by atoms with Crippen LogP contribution in [0.25, 0.3) is 0 Å². The maximum Gasteiger partial charge on any atom is 0.306 e. The Hall–Kier alpha value is -1.59. The van der Waals surface area contributed by atoms with Gasteiger partial charge in [0.25, 0.3) is 0 Å². The SMILES string of the molecule is CC(C)CCCCCCCCCCCCCCCCCCC(=O)OC[C@H](COC(=O)CCCCCCCCCCCC(C)C)OC(=O)CCCCCCCCCCCCCCC(C)C. The second-order valence-corrected chi connectivity index (χ2v) is 21.4. The van der Waals surface area contributed by atoms with Crippen LogP contribution in [0.1, 0.15) is 318 Å². The Morgan fingerprint density at radius 3 is 0.672 bits per heavy atom. The molecular formula is C58H112O6. The summed E-state index contributed by atoms with van der Waals surface area (Å²) in [6.07, 6.45) is 51.0. The van der Waals surface area contributed by atoms with Gasteiger partial charge in [-0.05, 0) is 37.0 Å². The smallest absolute Gasteiger partial charge is 0.306 e. The van der Waals surface area contributed by atoms with Crippen LogP contribution in [-0.4, -0.2) is 37.2 Å². The maximum absolute atomic E-state index is 12.8. The predicted octanol–water partition coefficient (Wildman–Crippen LogP) is 18.7. The summed E-state index contributed by atoms with van der Waals surface area (Å²) in [4.78, 5) is 38.1. The minimum atomic E-state index is -0.763. The molecule has 0 aromatic heterocycles. The second kappa shape index (κ2) is 49.3. The van der Waals surface area contributed by atoms with Crippen LogP contribution < -0.4 is 0 Å². The quantitative estimate of drug-likeness (QED) is 0.0344. The first-order valence-corrected chi connectivity index (χ1v) is 28.6. The lowest BCUT2D eigenvalue weighted by Gasteiger charge is -2.18. The van der Waals surface area contributed by atoms with Crippen molar-refractivity contribution in [1.82, 2.24) is 0 Å². The van der Waals surface area contributed by atoms with Crippen LogP contribution >= 0.6 is 0 Å². The molecule has 6 heteroatoms. The molecule has 0 N–H and O–H groups in total. The summed E-state index contributed by atoms with van der Waals surface area (Å²) in [7, 11) is 0. The highest BCUT2D eigenvalue weighted by molar-refractivity contribution is 5.71. The molecule has 1 atom stereocenters. The summed E-state index contributed by atoms with van der Waals surface area (Å²) < 4.78 is 16.9. The highest BCUT2D eigenvalue weighted by Crippen LogP contribution is 2.18. The lowest BCUT2D eigenvalue weighted by molar-refractivity contribution is -0.167. The number of unbranched alkanes of at least 4 members (excludes halogenated alkanes) is 34. The van der Waals surface area contributed by atoms with E-state index in [2.05, 4.69) is 41.5 Å². The van der Waals surface area contributed by atoms with E-state index in [-0.39, 0.29) is 31.1 Å². The van der Waals surface area contributed by atoms with Gasteiger partial charge in [-0.25, -0.2) is 0 Å². The van der Waals surface area contributed by atoms with E-state index >= 15 is 0 Å². The molecule has 0 spiro atoms. The van der Waals surface area contributed by atoms with Crippen LogP contribution in [0, 0.1) is 17.8 Å². The van der Waals surface area contributed by atoms with Gasteiger partial charge in [0.05, 0.1) is 0 Å². The van der Waals surface area contributed by atoms with Crippen molar-refractivity contribution >= 4 is 17.9 Å². The van der Waals surface area contributed by atoms with Gasteiger partial charge in [0.1, 0.15) is 13.2 Å². The lowest BCUT2D eigenvalue weighted by atomic mass is 10.0. The Bertz CT molecular complexity index is 991. The fraction of sp³-hybridized carbons (Fsp3) is 0.948. The van der Waals surface area contributed by atoms with Crippen LogP contribution in [0.4, 0.5) is 0 Å². The molecule has 64 heavy (non-hydrogen) atoms. The number of hydrogen-bond donors (Lipinski definition) is 0. The summed E-state index contributed by atoms with van der Waals surface area (Å²) in [6, 6.07) is 0. The van der Waals surface area contributed by atoms with Crippen LogP contribution in [0.3, 0.4) is 0 Å². The maximum atomic E-state index is 12.8. The highest BCUT2D eigenvalue weighted by atomic mass is 16.6. The summed E-state index contributed by atoms with van der Waals surface area (Å²) in [5.74, 6) is 1.65. The van der Waals surface area contributed by atoms with Gasteiger partial charge >= 0.3 is 17.9 Å². The summed E-state index contributed by atoms with van der Waals surface area (Å²) >= 11 is 0. The van der Waals surface area contributed by atoms with Gasteiger partial charge in [0.2, 0.25) is 0 Å². The van der Waals surface area contributed by atoms with Crippen molar-refractivity contribution < 1.29 is 28.6 Å². The third-order valence-electron chi connectivity index (χ3n) is 13.1. The van der Waals surface area contributed by atoms with Crippen LogP contribution in [-0.2, 0) is 28.6 Å². The monoisotopic (exact) mass is 905 g/mol. The molecule has 0 aliphatic heterocycles. The molecule has 0 rings (SSSR count). The van der Waals surface area contributed by atoms with Gasteiger partial charge in [-0.15, -0.1) is 0 Å². The summed E-state index contributed by atoms with van der Waals surface area (Å²) in [5.41, 5.74) is 0. The number of carbonyl (C=O) groups is 3. The number of ether oxygens (including phenoxy) is 3. The van der Waals surface area contributed by atoms with E-state index < -0.39 is 6.10 Å². The largest absolute Gasteiger partial charge is 0.462 e. The van der Waals surface area contributed by atoms with E-state index in [0.29, 0.717) is 19.3 Å². The Labute approximate surface area is 399 Å². The van der Waals surface area contributed by atoms with E-state index in [0.717, 1.165) is 75.5 Å². The molecule has 0 aliphatic carbocycles.